The minimum atomic E-state index is -0.0801. The zero-order chi connectivity index (χ0) is 11.8. The zero-order valence-corrected chi connectivity index (χ0v) is 10.1. The highest BCUT2D eigenvalue weighted by Gasteiger charge is 2.31. The minimum Gasteiger partial charge on any atom is -0.426 e. The van der Waals surface area contributed by atoms with Crippen LogP contribution >= 0.6 is 0 Å². The molecule has 0 heterocycles. The molecule has 1 fully saturated rings. The van der Waals surface area contributed by atoms with Crippen LogP contribution in [-0.4, -0.2) is 5.97 Å². The molecule has 1 saturated carbocycles. The molecule has 0 saturated heterocycles. The van der Waals surface area contributed by atoms with Crippen molar-refractivity contribution in [3.63, 3.8) is 0 Å². The summed E-state index contributed by atoms with van der Waals surface area (Å²) in [5, 5.41) is 0. The smallest absolute Gasteiger partial charge is 0.314 e. The van der Waals surface area contributed by atoms with Gasteiger partial charge in [0.25, 0.3) is 0 Å². The average Bonchev–Trinajstić information content (AvgIpc) is 3.00. The van der Waals surface area contributed by atoms with Gasteiger partial charge in [-0.3, -0.25) is 4.79 Å². The maximum absolute atomic E-state index is 11.4. The molecule has 0 amide bonds. The van der Waals surface area contributed by atoms with Gasteiger partial charge in [0, 0.05) is 0 Å². The van der Waals surface area contributed by atoms with Gasteiger partial charge >= 0.3 is 5.97 Å². The van der Waals surface area contributed by atoms with Crippen molar-refractivity contribution in [2.45, 2.75) is 39.0 Å². The van der Waals surface area contributed by atoms with Gasteiger partial charge in [-0.05, 0) is 36.0 Å². The van der Waals surface area contributed by atoms with E-state index in [1.54, 1.807) is 0 Å². The molecule has 0 radical (unpaired) electrons. The molecule has 1 aromatic carbocycles. The number of hydrogen-bond acceptors (Lipinski definition) is 2. The van der Waals surface area contributed by atoms with E-state index in [-0.39, 0.29) is 17.3 Å². The molecule has 0 unspecified atom stereocenters. The number of carbonyl (C=O) groups is 1. The molecule has 2 rings (SSSR count). The highest BCUT2D eigenvalue weighted by Crippen LogP contribution is 2.31. The van der Waals surface area contributed by atoms with Crippen molar-refractivity contribution >= 4 is 5.97 Å². The summed E-state index contributed by atoms with van der Waals surface area (Å²) in [6, 6.07) is 7.80. The summed E-state index contributed by atoms with van der Waals surface area (Å²) in [5.41, 5.74) is 1.39. The number of benzene rings is 1. The van der Waals surface area contributed by atoms with Crippen LogP contribution in [0.4, 0.5) is 0 Å². The van der Waals surface area contributed by atoms with Crippen LogP contribution in [0.25, 0.3) is 0 Å². The molecule has 0 atom stereocenters. The molecule has 0 aromatic heterocycles. The molecule has 1 aliphatic carbocycles. The van der Waals surface area contributed by atoms with Crippen LogP contribution in [0.5, 0.6) is 5.75 Å². The van der Waals surface area contributed by atoms with E-state index in [2.05, 4.69) is 20.8 Å². The van der Waals surface area contributed by atoms with Crippen molar-refractivity contribution in [3.8, 4) is 5.75 Å². The Morgan fingerprint density at radius 1 is 1.19 bits per heavy atom. The van der Waals surface area contributed by atoms with Crippen molar-refractivity contribution in [3.05, 3.63) is 29.8 Å². The first-order chi connectivity index (χ1) is 7.47. The number of ether oxygens (including phenoxy) is 1. The van der Waals surface area contributed by atoms with Gasteiger partial charge in [0.1, 0.15) is 5.75 Å². The standard InChI is InChI=1S/C14H18O2/c1-14(2,3)11-6-8-12(9-7-11)16-13(15)10-4-5-10/h6-10H,4-5H2,1-3H3. The second-order valence-corrected chi connectivity index (χ2v) is 5.47. The van der Waals surface area contributed by atoms with E-state index in [9.17, 15) is 4.79 Å². The van der Waals surface area contributed by atoms with Gasteiger partial charge < -0.3 is 4.74 Å². The molecule has 1 aliphatic rings. The first-order valence-electron chi connectivity index (χ1n) is 5.79. The van der Waals surface area contributed by atoms with Gasteiger partial charge in [-0.1, -0.05) is 32.9 Å². The molecule has 0 spiro atoms. The number of carbonyl (C=O) groups excluding carboxylic acids is 1. The lowest BCUT2D eigenvalue weighted by atomic mass is 9.87. The Morgan fingerprint density at radius 2 is 1.75 bits per heavy atom. The van der Waals surface area contributed by atoms with Crippen molar-refractivity contribution in [1.82, 2.24) is 0 Å². The van der Waals surface area contributed by atoms with Crippen LogP contribution in [0, 0.1) is 5.92 Å². The molecule has 86 valence electrons. The second kappa shape index (κ2) is 3.93. The highest BCUT2D eigenvalue weighted by molar-refractivity contribution is 5.77. The fourth-order valence-electron chi connectivity index (χ4n) is 1.54. The molecule has 16 heavy (non-hydrogen) atoms. The average molecular weight is 218 g/mol. The predicted molar refractivity (Wildman–Crippen MR) is 63.5 cm³/mol. The Labute approximate surface area is 96.6 Å². The summed E-state index contributed by atoms with van der Waals surface area (Å²) in [4.78, 5) is 11.4. The molecular formula is C14H18O2. The van der Waals surface area contributed by atoms with Crippen molar-refractivity contribution < 1.29 is 9.53 Å². The van der Waals surface area contributed by atoms with Crippen LogP contribution in [0.3, 0.4) is 0 Å². The molecule has 1 aromatic rings. The van der Waals surface area contributed by atoms with Crippen LogP contribution in [0.15, 0.2) is 24.3 Å². The van der Waals surface area contributed by atoms with E-state index in [4.69, 9.17) is 4.74 Å². The normalized spacial score (nSPS) is 15.9. The lowest BCUT2D eigenvalue weighted by molar-refractivity contribution is -0.135. The first kappa shape index (κ1) is 11.2. The Bertz CT molecular complexity index is 380. The summed E-state index contributed by atoms with van der Waals surface area (Å²) < 4.78 is 5.27. The van der Waals surface area contributed by atoms with E-state index in [0.29, 0.717) is 5.75 Å². The third kappa shape index (κ3) is 2.63. The third-order valence-electron chi connectivity index (χ3n) is 2.85. The predicted octanol–water partition coefficient (Wildman–Crippen LogP) is 3.30. The highest BCUT2D eigenvalue weighted by atomic mass is 16.5. The van der Waals surface area contributed by atoms with Gasteiger partial charge in [-0.25, -0.2) is 0 Å². The lowest BCUT2D eigenvalue weighted by Gasteiger charge is -2.18. The minimum absolute atomic E-state index is 0.0801. The molecule has 2 heteroatoms. The number of rotatable bonds is 2. The Kier molecular flexibility index (Phi) is 2.75. The van der Waals surface area contributed by atoms with E-state index in [0.717, 1.165) is 12.8 Å². The summed E-state index contributed by atoms with van der Waals surface area (Å²) in [5.74, 6) is 0.732. The molecule has 0 aliphatic heterocycles. The van der Waals surface area contributed by atoms with Crippen LogP contribution in [0.2, 0.25) is 0 Å². The molecule has 2 nitrogen and oxygen atoms in total. The van der Waals surface area contributed by atoms with E-state index in [1.807, 2.05) is 24.3 Å². The SMILES string of the molecule is CC(C)(C)c1ccc(OC(=O)C2CC2)cc1. The van der Waals surface area contributed by atoms with Crippen molar-refractivity contribution in [1.29, 1.82) is 0 Å². The van der Waals surface area contributed by atoms with Gasteiger partial charge in [0.15, 0.2) is 0 Å². The van der Waals surface area contributed by atoms with Crippen LogP contribution in [-0.2, 0) is 10.2 Å². The van der Waals surface area contributed by atoms with Gasteiger partial charge in [-0.2, -0.15) is 0 Å². The summed E-state index contributed by atoms with van der Waals surface area (Å²) in [6.07, 6.45) is 1.97. The Hall–Kier alpha value is -1.31. The molecule has 0 bridgehead atoms. The van der Waals surface area contributed by atoms with Crippen molar-refractivity contribution in [2.75, 3.05) is 0 Å². The largest absolute Gasteiger partial charge is 0.426 e. The fourth-order valence-corrected chi connectivity index (χ4v) is 1.54. The topological polar surface area (TPSA) is 26.3 Å². The fraction of sp³-hybridized carbons (Fsp3) is 0.500. The van der Waals surface area contributed by atoms with Crippen LogP contribution < -0.4 is 4.74 Å². The first-order valence-corrected chi connectivity index (χ1v) is 5.79. The van der Waals surface area contributed by atoms with E-state index < -0.39 is 0 Å². The third-order valence-corrected chi connectivity index (χ3v) is 2.85. The van der Waals surface area contributed by atoms with Crippen molar-refractivity contribution in [2.24, 2.45) is 5.92 Å². The Balaban J connectivity index is 2.04. The van der Waals surface area contributed by atoms with Crippen LogP contribution in [0.1, 0.15) is 39.2 Å². The summed E-state index contributed by atoms with van der Waals surface area (Å²) in [7, 11) is 0. The van der Waals surface area contributed by atoms with Gasteiger partial charge in [0.2, 0.25) is 0 Å². The zero-order valence-electron chi connectivity index (χ0n) is 10.1. The number of hydrogen-bond donors (Lipinski definition) is 0. The Morgan fingerprint density at radius 3 is 2.19 bits per heavy atom. The molecule has 0 N–H and O–H groups in total. The monoisotopic (exact) mass is 218 g/mol. The lowest BCUT2D eigenvalue weighted by Crippen LogP contribution is -2.12. The maximum atomic E-state index is 11.4. The second-order valence-electron chi connectivity index (χ2n) is 5.47. The maximum Gasteiger partial charge on any atom is 0.314 e. The van der Waals surface area contributed by atoms with E-state index >= 15 is 0 Å². The molecular weight excluding hydrogens is 200 g/mol. The quantitative estimate of drug-likeness (QED) is 0.562. The summed E-state index contributed by atoms with van der Waals surface area (Å²) in [6.45, 7) is 6.49. The van der Waals surface area contributed by atoms with Gasteiger partial charge in [0.05, 0.1) is 5.92 Å². The van der Waals surface area contributed by atoms with Gasteiger partial charge in [-0.15, -0.1) is 0 Å². The number of esters is 1. The van der Waals surface area contributed by atoms with E-state index in [1.165, 1.54) is 5.56 Å². The summed E-state index contributed by atoms with van der Waals surface area (Å²) >= 11 is 0.